The predicted octanol–water partition coefficient (Wildman–Crippen LogP) is 1.56. The number of ether oxygens (including phenoxy) is 1. The topological polar surface area (TPSA) is 137 Å². The number of carboxylic acids is 1. The fourth-order valence-corrected chi connectivity index (χ4v) is 3.07. The van der Waals surface area contributed by atoms with Gasteiger partial charge in [0.15, 0.2) is 11.5 Å². The molecule has 162 valence electrons. The Balaban J connectivity index is 1.74. The van der Waals surface area contributed by atoms with E-state index in [-0.39, 0.29) is 23.7 Å². The highest BCUT2D eigenvalue weighted by atomic mass is 16.5. The predicted molar refractivity (Wildman–Crippen MR) is 114 cm³/mol. The summed E-state index contributed by atoms with van der Waals surface area (Å²) in [4.78, 5) is 37.5. The van der Waals surface area contributed by atoms with Crippen LogP contribution < -0.4 is 10.2 Å². The van der Waals surface area contributed by atoms with Gasteiger partial charge in [-0.2, -0.15) is 0 Å². The van der Waals surface area contributed by atoms with Gasteiger partial charge in [0.1, 0.15) is 11.5 Å². The van der Waals surface area contributed by atoms with Gasteiger partial charge in [-0.25, -0.2) is 14.8 Å². The zero-order valence-electron chi connectivity index (χ0n) is 17.0. The fraction of sp³-hybridized carbons (Fsp3) is 0.286. The van der Waals surface area contributed by atoms with Crippen molar-refractivity contribution in [2.24, 2.45) is 4.99 Å². The number of hydrogen-bond donors (Lipinski definition) is 3. The molecule has 1 amide bonds. The van der Waals surface area contributed by atoms with Crippen molar-refractivity contribution in [3.8, 4) is 0 Å². The number of morpholine rings is 1. The lowest BCUT2D eigenvalue weighted by molar-refractivity contribution is -0.117. The Morgan fingerprint density at radius 2 is 1.97 bits per heavy atom. The number of aliphatic hydroxyl groups excluding tert-OH is 1. The lowest BCUT2D eigenvalue weighted by Gasteiger charge is -2.28. The molecule has 0 aliphatic carbocycles. The Morgan fingerprint density at radius 3 is 2.55 bits per heavy atom. The Hall–Kier alpha value is -3.79. The zero-order valence-corrected chi connectivity index (χ0v) is 17.0. The number of carbonyl (C=O) groups is 2. The number of aliphatic imine (C=N–C) groups is 1. The SMILES string of the molecule is C=N/C(C(=O)NCc1ccc(C(=O)O)nc1)=C(/O)c1ccc(N2CCOCC2)nc1C. The molecule has 0 unspecified atom stereocenters. The summed E-state index contributed by atoms with van der Waals surface area (Å²) in [6.07, 6.45) is 1.35. The van der Waals surface area contributed by atoms with Gasteiger partial charge in [-0.1, -0.05) is 6.07 Å². The molecule has 3 rings (SSSR count). The molecule has 10 nitrogen and oxygen atoms in total. The number of aryl methyl sites for hydroxylation is 1. The van der Waals surface area contributed by atoms with Crippen molar-refractivity contribution < 1.29 is 24.5 Å². The van der Waals surface area contributed by atoms with Crippen LogP contribution in [-0.4, -0.2) is 65.1 Å². The van der Waals surface area contributed by atoms with Crippen molar-refractivity contribution >= 4 is 30.2 Å². The number of nitrogens with one attached hydrogen (secondary N) is 1. The number of hydrogen-bond acceptors (Lipinski definition) is 8. The summed E-state index contributed by atoms with van der Waals surface area (Å²) in [5.41, 5.74) is 1.18. The molecule has 0 radical (unpaired) electrons. The van der Waals surface area contributed by atoms with E-state index in [1.54, 1.807) is 25.1 Å². The van der Waals surface area contributed by atoms with Gasteiger partial charge in [-0.05, 0) is 37.4 Å². The molecule has 3 heterocycles. The molecule has 31 heavy (non-hydrogen) atoms. The van der Waals surface area contributed by atoms with E-state index in [0.717, 1.165) is 18.9 Å². The molecule has 1 aliphatic rings. The van der Waals surface area contributed by atoms with Crippen LogP contribution in [0.4, 0.5) is 5.82 Å². The fourth-order valence-electron chi connectivity index (χ4n) is 3.07. The second-order valence-electron chi connectivity index (χ2n) is 6.80. The Morgan fingerprint density at radius 1 is 1.23 bits per heavy atom. The van der Waals surface area contributed by atoms with E-state index in [9.17, 15) is 14.7 Å². The van der Waals surface area contributed by atoms with Gasteiger partial charge >= 0.3 is 5.97 Å². The quantitative estimate of drug-likeness (QED) is 0.345. The van der Waals surface area contributed by atoms with Crippen molar-refractivity contribution in [1.29, 1.82) is 0 Å². The third-order valence-electron chi connectivity index (χ3n) is 4.76. The van der Waals surface area contributed by atoms with Crippen molar-refractivity contribution in [1.82, 2.24) is 15.3 Å². The number of aromatic carboxylic acids is 1. The van der Waals surface area contributed by atoms with Crippen LogP contribution in [0.2, 0.25) is 0 Å². The van der Waals surface area contributed by atoms with E-state index in [1.807, 2.05) is 0 Å². The maximum Gasteiger partial charge on any atom is 0.354 e. The first-order chi connectivity index (χ1) is 14.9. The molecular weight excluding hydrogens is 402 g/mol. The summed E-state index contributed by atoms with van der Waals surface area (Å²) < 4.78 is 5.35. The molecule has 0 bridgehead atoms. The van der Waals surface area contributed by atoms with E-state index in [1.165, 1.54) is 12.3 Å². The average Bonchev–Trinajstić information content (AvgIpc) is 2.78. The molecule has 2 aromatic rings. The standard InChI is InChI=1S/C21H23N5O5/c1-13-15(4-6-17(25-13)26-7-9-31-10-8-26)19(27)18(22-2)20(28)24-12-14-3-5-16(21(29)30)23-11-14/h3-6,11,27H,2,7-10,12H2,1H3,(H,24,28)(H,29,30)/b19-18+. The molecule has 10 heteroatoms. The van der Waals surface area contributed by atoms with Crippen LogP contribution in [0.15, 0.2) is 41.2 Å². The monoisotopic (exact) mass is 425 g/mol. The number of nitrogens with zero attached hydrogens (tertiary/aromatic N) is 4. The molecular formula is C21H23N5O5. The van der Waals surface area contributed by atoms with Gasteiger partial charge in [0.25, 0.3) is 5.91 Å². The molecule has 1 fully saturated rings. The van der Waals surface area contributed by atoms with Crippen LogP contribution in [0.1, 0.15) is 27.3 Å². The van der Waals surface area contributed by atoms with Crippen molar-refractivity contribution in [2.45, 2.75) is 13.5 Å². The summed E-state index contributed by atoms with van der Waals surface area (Å²) in [6, 6.07) is 6.35. The third kappa shape index (κ3) is 5.23. The van der Waals surface area contributed by atoms with Crippen LogP contribution in [0.5, 0.6) is 0 Å². The first kappa shape index (κ1) is 21.9. The maximum absolute atomic E-state index is 12.5. The van der Waals surface area contributed by atoms with Gasteiger partial charge in [0.2, 0.25) is 0 Å². The van der Waals surface area contributed by atoms with E-state index < -0.39 is 11.9 Å². The molecule has 0 saturated carbocycles. The number of amides is 1. The second-order valence-corrected chi connectivity index (χ2v) is 6.80. The minimum Gasteiger partial charge on any atom is -0.505 e. The molecule has 0 aromatic carbocycles. The Labute approximate surface area is 178 Å². The number of carboxylic acid groups (broad SMARTS) is 1. The summed E-state index contributed by atoms with van der Waals surface area (Å²) in [5, 5.41) is 22.2. The lowest BCUT2D eigenvalue weighted by Crippen LogP contribution is -2.36. The minimum absolute atomic E-state index is 0.0746. The highest BCUT2D eigenvalue weighted by Gasteiger charge is 2.19. The number of carbonyl (C=O) groups excluding carboxylic acids is 1. The minimum atomic E-state index is -1.13. The van der Waals surface area contributed by atoms with Gasteiger partial charge in [0.05, 0.1) is 18.9 Å². The van der Waals surface area contributed by atoms with Crippen LogP contribution >= 0.6 is 0 Å². The van der Waals surface area contributed by atoms with Crippen molar-refractivity contribution in [3.05, 3.63) is 58.7 Å². The summed E-state index contributed by atoms with van der Waals surface area (Å²) in [7, 11) is 0. The highest BCUT2D eigenvalue weighted by Crippen LogP contribution is 2.23. The normalized spacial score (nSPS) is 14.5. The molecule has 3 N–H and O–H groups in total. The number of pyridine rings is 2. The maximum atomic E-state index is 12.5. The van der Waals surface area contributed by atoms with Crippen LogP contribution in [0, 0.1) is 6.92 Å². The molecule has 0 spiro atoms. The lowest BCUT2D eigenvalue weighted by atomic mass is 10.1. The van der Waals surface area contributed by atoms with Gasteiger partial charge in [-0.15, -0.1) is 0 Å². The van der Waals surface area contributed by atoms with Crippen LogP contribution in [-0.2, 0) is 16.1 Å². The molecule has 2 aromatic heterocycles. The van der Waals surface area contributed by atoms with Gasteiger partial charge in [-0.3, -0.25) is 9.79 Å². The van der Waals surface area contributed by atoms with Crippen molar-refractivity contribution in [2.75, 3.05) is 31.2 Å². The average molecular weight is 425 g/mol. The number of anilines is 1. The molecule has 0 atom stereocenters. The van der Waals surface area contributed by atoms with Crippen molar-refractivity contribution in [3.63, 3.8) is 0 Å². The van der Waals surface area contributed by atoms with Crippen LogP contribution in [0.25, 0.3) is 5.76 Å². The highest BCUT2D eigenvalue weighted by molar-refractivity contribution is 6.00. The largest absolute Gasteiger partial charge is 0.505 e. The summed E-state index contributed by atoms with van der Waals surface area (Å²) in [5.74, 6) is -1.32. The first-order valence-corrected chi connectivity index (χ1v) is 9.57. The van der Waals surface area contributed by atoms with Gasteiger partial charge in [0, 0.05) is 31.4 Å². The van der Waals surface area contributed by atoms with E-state index in [0.29, 0.717) is 30.0 Å². The number of aromatic nitrogens is 2. The molecule has 1 aliphatic heterocycles. The van der Waals surface area contributed by atoms with E-state index in [2.05, 4.69) is 31.9 Å². The number of aliphatic hydroxyl groups is 1. The third-order valence-corrected chi connectivity index (χ3v) is 4.76. The number of rotatable bonds is 7. The van der Waals surface area contributed by atoms with Crippen LogP contribution in [0.3, 0.4) is 0 Å². The van der Waals surface area contributed by atoms with E-state index >= 15 is 0 Å². The second kappa shape index (κ2) is 9.81. The van der Waals surface area contributed by atoms with E-state index in [4.69, 9.17) is 9.84 Å². The summed E-state index contributed by atoms with van der Waals surface area (Å²) in [6.45, 7) is 7.93. The Kier molecular flexibility index (Phi) is 6.93. The smallest absolute Gasteiger partial charge is 0.354 e. The Bertz CT molecular complexity index is 1010. The first-order valence-electron chi connectivity index (χ1n) is 9.57. The molecule has 1 saturated heterocycles. The summed E-state index contributed by atoms with van der Waals surface area (Å²) >= 11 is 0. The van der Waals surface area contributed by atoms with Gasteiger partial charge < -0.3 is 25.2 Å². The zero-order chi connectivity index (χ0) is 22.4.